The number of carbonyl (C=O) groups excluding carboxylic acids is 1. The molecule has 3 saturated carbocycles. The summed E-state index contributed by atoms with van der Waals surface area (Å²) in [5.74, 6) is 0.276. The van der Waals surface area contributed by atoms with Gasteiger partial charge in [0.25, 0.3) is 0 Å². The first-order valence-corrected chi connectivity index (χ1v) is 16.1. The Kier molecular flexibility index (Phi) is 7.93. The van der Waals surface area contributed by atoms with Crippen LogP contribution in [0.4, 0.5) is 22.7 Å². The zero-order valence-corrected chi connectivity index (χ0v) is 25.3. The lowest BCUT2D eigenvalue weighted by molar-refractivity contribution is -0.274. The molecule has 2 heterocycles. The van der Waals surface area contributed by atoms with Crippen molar-refractivity contribution in [3.8, 4) is 17.0 Å². The molecule has 4 aromatic rings. The molecule has 2 bridgehead atoms. The molecule has 0 unspecified atom stereocenters. The molecule has 238 valence electrons. The van der Waals surface area contributed by atoms with E-state index in [0.717, 1.165) is 49.8 Å². The second-order valence-corrected chi connectivity index (χ2v) is 13.1. The zero-order valence-electron chi connectivity index (χ0n) is 24.5. The number of carbonyl (C=O) groups is 1. The molecule has 3 fully saturated rings. The van der Waals surface area contributed by atoms with Crippen LogP contribution >= 0.6 is 11.3 Å². The fourth-order valence-corrected chi connectivity index (χ4v) is 7.91. The van der Waals surface area contributed by atoms with Gasteiger partial charge in [-0.2, -0.15) is 0 Å². The van der Waals surface area contributed by atoms with Gasteiger partial charge in [0.1, 0.15) is 22.7 Å². The van der Waals surface area contributed by atoms with Crippen LogP contribution in [0.3, 0.4) is 0 Å². The first kappa shape index (κ1) is 30.0. The van der Waals surface area contributed by atoms with Crippen LogP contribution in [-0.2, 0) is 11.3 Å². The number of hydrogen-bond donors (Lipinski definition) is 2. The average molecular weight is 645 g/mol. The van der Waals surface area contributed by atoms with Crippen molar-refractivity contribution < 1.29 is 36.4 Å². The molecule has 7 rings (SSSR count). The van der Waals surface area contributed by atoms with E-state index in [0.29, 0.717) is 33.9 Å². The summed E-state index contributed by atoms with van der Waals surface area (Å²) >= 11 is 1.33. The van der Waals surface area contributed by atoms with Crippen molar-refractivity contribution in [3.63, 3.8) is 0 Å². The summed E-state index contributed by atoms with van der Waals surface area (Å²) in [5, 5.41) is 12.1. The topological polar surface area (TPSA) is 98.5 Å². The molecule has 4 atom stereocenters. The number of aromatic nitrogens is 2. The summed E-state index contributed by atoms with van der Waals surface area (Å²) in [6.07, 6.45) is 1.03. The van der Waals surface area contributed by atoms with Gasteiger partial charge in [0.05, 0.1) is 16.9 Å². The normalized spacial score (nSPS) is 23.0. The van der Waals surface area contributed by atoms with Crippen molar-refractivity contribution in [2.24, 2.45) is 11.8 Å². The lowest BCUT2D eigenvalue weighted by Crippen LogP contribution is -2.44. The molecule has 2 aromatic heterocycles. The van der Waals surface area contributed by atoms with E-state index in [1.165, 1.54) is 29.5 Å². The number of para-hydroxylation sites is 1. The van der Waals surface area contributed by atoms with Gasteiger partial charge < -0.3 is 24.6 Å². The summed E-state index contributed by atoms with van der Waals surface area (Å²) in [7, 11) is 0. The lowest BCUT2D eigenvalue weighted by atomic mass is 9.81. The molecule has 0 aliphatic heterocycles. The molecule has 2 N–H and O–H groups in total. The third-order valence-corrected chi connectivity index (χ3v) is 9.98. The van der Waals surface area contributed by atoms with Crippen molar-refractivity contribution in [1.82, 2.24) is 15.5 Å². The van der Waals surface area contributed by atoms with Gasteiger partial charge in [-0.25, -0.2) is 14.2 Å². The minimum absolute atomic E-state index is 0.167. The Bertz CT molecular complexity index is 1700. The number of nitrogens with zero attached hydrogens (tertiary/aromatic N) is 2. The second-order valence-electron chi connectivity index (χ2n) is 12.1. The quantitative estimate of drug-likeness (QED) is 0.133. The van der Waals surface area contributed by atoms with Crippen LogP contribution in [0.25, 0.3) is 21.5 Å². The van der Waals surface area contributed by atoms with Crippen molar-refractivity contribution in [2.75, 3.05) is 11.9 Å². The third-order valence-electron chi connectivity index (χ3n) is 9.05. The molecule has 8 nitrogen and oxygen atoms in total. The standard InChI is InChI=1S/C32H32F4N4O4S/c1-2-42-30(41)19-13-23(33)28-25(14-19)45-31(39-28)38-26-17-9-10-18(26)12-20(11-17)37-15-22-27(40-44-29(22)16-7-8-16)21-5-3-4-6-24(21)43-32(34,35)36/h3-6,13-14,16-18,20,26,37H,2,7-12,15H2,1H3,(H,38,39)/t17-,18+,20-,26+. The van der Waals surface area contributed by atoms with E-state index >= 15 is 0 Å². The van der Waals surface area contributed by atoms with Crippen molar-refractivity contribution in [1.29, 1.82) is 0 Å². The number of anilines is 1. The summed E-state index contributed by atoms with van der Waals surface area (Å²) in [4.78, 5) is 16.7. The van der Waals surface area contributed by atoms with Gasteiger partial charge >= 0.3 is 12.3 Å². The Balaban J connectivity index is 1.05. The first-order chi connectivity index (χ1) is 21.7. The molecule has 0 saturated heterocycles. The van der Waals surface area contributed by atoms with Crippen molar-refractivity contribution in [2.45, 2.75) is 76.4 Å². The van der Waals surface area contributed by atoms with Gasteiger partial charge in [-0.3, -0.25) is 0 Å². The highest BCUT2D eigenvalue weighted by Crippen LogP contribution is 2.47. The summed E-state index contributed by atoms with van der Waals surface area (Å²) < 4.78 is 69.9. The van der Waals surface area contributed by atoms with E-state index in [4.69, 9.17) is 9.26 Å². The number of esters is 1. The third kappa shape index (κ3) is 6.24. The van der Waals surface area contributed by atoms with E-state index in [1.54, 1.807) is 25.1 Å². The average Bonchev–Trinajstić information content (AvgIpc) is 3.55. The maximum Gasteiger partial charge on any atom is 0.573 e. The summed E-state index contributed by atoms with van der Waals surface area (Å²) in [6, 6.07) is 9.20. The predicted octanol–water partition coefficient (Wildman–Crippen LogP) is 7.80. The summed E-state index contributed by atoms with van der Waals surface area (Å²) in [5.41, 5.74) is 1.80. The first-order valence-electron chi connectivity index (χ1n) is 15.3. The van der Waals surface area contributed by atoms with E-state index in [9.17, 15) is 22.4 Å². The highest BCUT2D eigenvalue weighted by Gasteiger charge is 2.43. The Hall–Kier alpha value is -3.71. The van der Waals surface area contributed by atoms with Gasteiger partial charge in [-0.05, 0) is 81.5 Å². The highest BCUT2D eigenvalue weighted by molar-refractivity contribution is 7.22. The number of hydrogen-bond acceptors (Lipinski definition) is 9. The Morgan fingerprint density at radius 2 is 1.87 bits per heavy atom. The van der Waals surface area contributed by atoms with Gasteiger partial charge in [0.15, 0.2) is 10.9 Å². The van der Waals surface area contributed by atoms with Crippen molar-refractivity contribution >= 4 is 32.7 Å². The van der Waals surface area contributed by atoms with Gasteiger partial charge in [-0.15, -0.1) is 13.2 Å². The molecule has 3 aliphatic carbocycles. The van der Waals surface area contributed by atoms with E-state index in [-0.39, 0.29) is 47.0 Å². The van der Waals surface area contributed by atoms with E-state index in [2.05, 4.69) is 25.5 Å². The number of rotatable bonds is 10. The van der Waals surface area contributed by atoms with Crippen LogP contribution in [0.2, 0.25) is 0 Å². The zero-order chi connectivity index (χ0) is 31.3. The summed E-state index contributed by atoms with van der Waals surface area (Å²) in [6.45, 7) is 2.34. The minimum Gasteiger partial charge on any atom is -0.462 e. The maximum atomic E-state index is 14.8. The smallest absolute Gasteiger partial charge is 0.462 e. The Morgan fingerprint density at radius 3 is 2.58 bits per heavy atom. The van der Waals surface area contributed by atoms with Crippen LogP contribution in [0.5, 0.6) is 5.75 Å². The predicted molar refractivity (Wildman–Crippen MR) is 160 cm³/mol. The van der Waals surface area contributed by atoms with Gasteiger partial charge in [0, 0.05) is 35.7 Å². The number of ether oxygens (including phenoxy) is 2. The highest BCUT2D eigenvalue weighted by atomic mass is 32.1. The molecule has 2 aromatic carbocycles. The number of alkyl halides is 3. The van der Waals surface area contributed by atoms with E-state index in [1.807, 2.05) is 0 Å². The largest absolute Gasteiger partial charge is 0.573 e. The number of nitrogens with one attached hydrogen (secondary N) is 2. The van der Waals surface area contributed by atoms with Gasteiger partial charge in [-0.1, -0.05) is 28.6 Å². The molecule has 0 radical (unpaired) electrons. The van der Waals surface area contributed by atoms with E-state index < -0.39 is 18.1 Å². The maximum absolute atomic E-state index is 14.8. The second kappa shape index (κ2) is 11.9. The number of benzene rings is 2. The van der Waals surface area contributed by atoms with Crippen molar-refractivity contribution in [3.05, 3.63) is 59.1 Å². The van der Waals surface area contributed by atoms with Crippen LogP contribution < -0.4 is 15.4 Å². The molecule has 3 aliphatic rings. The molecule has 0 spiro atoms. The number of fused-ring (bicyclic) bond motifs is 3. The molecule has 13 heteroatoms. The minimum atomic E-state index is -4.82. The Morgan fingerprint density at radius 1 is 1.11 bits per heavy atom. The number of thiazole rings is 1. The Labute approximate surface area is 260 Å². The molecular weight excluding hydrogens is 612 g/mol. The monoisotopic (exact) mass is 644 g/mol. The fraction of sp³-hybridized carbons (Fsp3) is 0.469. The fourth-order valence-electron chi connectivity index (χ4n) is 6.95. The SMILES string of the molecule is CCOC(=O)c1cc(F)c2nc(N[C@H]3[C@@H]4CC[C@H]3C[C@H](NCc3c(-c5ccccc5OC(F)(F)F)noc3C3CC3)C4)sc2c1. The van der Waals surface area contributed by atoms with Crippen LogP contribution in [0.1, 0.15) is 73.0 Å². The molecule has 0 amide bonds. The van der Waals surface area contributed by atoms with Crippen LogP contribution in [0.15, 0.2) is 40.9 Å². The molecule has 45 heavy (non-hydrogen) atoms. The van der Waals surface area contributed by atoms with Crippen LogP contribution in [0, 0.1) is 17.7 Å². The molecular formula is C32H32F4N4O4S. The number of halogens is 4. The van der Waals surface area contributed by atoms with Gasteiger partial charge in [0.2, 0.25) is 0 Å². The van der Waals surface area contributed by atoms with Crippen LogP contribution in [-0.4, -0.2) is 41.2 Å². The lowest BCUT2D eigenvalue weighted by Gasteiger charge is -2.36.